The molecule has 4 nitrogen and oxygen atoms in total. The Labute approximate surface area is 203 Å². The summed E-state index contributed by atoms with van der Waals surface area (Å²) in [6.45, 7) is 7.98. The number of Topliss-reactive ketones (excluding diaryl/α,β-unsaturated/α-hetero) is 1. The van der Waals surface area contributed by atoms with Crippen LogP contribution in [0.15, 0.2) is 73.1 Å². The van der Waals surface area contributed by atoms with Gasteiger partial charge in [-0.25, -0.2) is 0 Å². The highest BCUT2D eigenvalue weighted by Crippen LogP contribution is 2.49. The summed E-state index contributed by atoms with van der Waals surface area (Å²) in [6.07, 6.45) is 7.84. The van der Waals surface area contributed by atoms with E-state index in [1.54, 1.807) is 6.20 Å². The standard InChI is InChI=1S/C30H35N3O/c1-23(2)32-18-15-30(16-19-32)22-33(29-8-4-3-7-28(29)30)26-12-9-24(10-13-26)20-27(34)14-11-25-6-5-17-31-21-25/h3-10,12-13,17,21,23H,11,14-16,18-20,22H2,1-2H3. The second-order valence-electron chi connectivity index (χ2n) is 10.3. The van der Waals surface area contributed by atoms with Gasteiger partial charge in [0.1, 0.15) is 5.78 Å². The van der Waals surface area contributed by atoms with Gasteiger partial charge in [-0.1, -0.05) is 36.4 Å². The first-order valence-corrected chi connectivity index (χ1v) is 12.6. The SMILES string of the molecule is CC(C)N1CCC2(CC1)CN(c1ccc(CC(=O)CCc3cccnc3)cc1)c1ccccc12. The third-order valence-corrected chi connectivity index (χ3v) is 7.78. The summed E-state index contributed by atoms with van der Waals surface area (Å²) in [5, 5.41) is 0. The van der Waals surface area contributed by atoms with Crippen LogP contribution in [-0.4, -0.2) is 41.3 Å². The van der Waals surface area contributed by atoms with Crippen LogP contribution in [0.25, 0.3) is 0 Å². The second kappa shape index (κ2) is 9.71. The lowest BCUT2D eigenvalue weighted by Gasteiger charge is -2.41. The normalized spacial score (nSPS) is 17.3. The van der Waals surface area contributed by atoms with E-state index >= 15 is 0 Å². The van der Waals surface area contributed by atoms with Crippen LogP contribution in [0.4, 0.5) is 11.4 Å². The molecule has 0 unspecified atom stereocenters. The van der Waals surface area contributed by atoms with Gasteiger partial charge in [0, 0.05) is 54.6 Å². The van der Waals surface area contributed by atoms with Gasteiger partial charge in [0.05, 0.1) is 0 Å². The zero-order valence-electron chi connectivity index (χ0n) is 20.4. The van der Waals surface area contributed by atoms with Crippen molar-refractivity contribution in [2.24, 2.45) is 0 Å². The molecule has 1 aromatic heterocycles. The van der Waals surface area contributed by atoms with Crippen molar-refractivity contribution in [3.8, 4) is 0 Å². The van der Waals surface area contributed by atoms with Gasteiger partial charge in [-0.2, -0.15) is 0 Å². The summed E-state index contributed by atoms with van der Waals surface area (Å²) in [4.78, 5) is 21.8. The van der Waals surface area contributed by atoms with Crippen LogP contribution in [0.2, 0.25) is 0 Å². The zero-order chi connectivity index (χ0) is 23.5. The van der Waals surface area contributed by atoms with Crippen LogP contribution in [0.5, 0.6) is 0 Å². The van der Waals surface area contributed by atoms with Crippen molar-refractivity contribution in [1.29, 1.82) is 0 Å². The summed E-state index contributed by atoms with van der Waals surface area (Å²) in [7, 11) is 0. The van der Waals surface area contributed by atoms with Crippen molar-refractivity contribution in [2.45, 2.75) is 57.4 Å². The molecule has 4 heteroatoms. The largest absolute Gasteiger partial charge is 0.340 e. The fourth-order valence-corrected chi connectivity index (χ4v) is 5.70. The van der Waals surface area contributed by atoms with E-state index in [-0.39, 0.29) is 11.2 Å². The van der Waals surface area contributed by atoms with Crippen molar-refractivity contribution in [3.63, 3.8) is 0 Å². The predicted octanol–water partition coefficient (Wildman–Crippen LogP) is 5.72. The maximum absolute atomic E-state index is 12.5. The number of carbonyl (C=O) groups is 1. The molecule has 0 radical (unpaired) electrons. The third kappa shape index (κ3) is 4.65. The predicted molar refractivity (Wildman–Crippen MR) is 139 cm³/mol. The van der Waals surface area contributed by atoms with Crippen LogP contribution >= 0.6 is 0 Å². The van der Waals surface area contributed by atoms with E-state index in [9.17, 15) is 4.79 Å². The van der Waals surface area contributed by atoms with Gasteiger partial charge in [0.25, 0.3) is 0 Å². The van der Waals surface area contributed by atoms with Crippen molar-refractivity contribution in [3.05, 3.63) is 89.7 Å². The van der Waals surface area contributed by atoms with E-state index in [1.807, 2.05) is 18.3 Å². The lowest BCUT2D eigenvalue weighted by molar-refractivity contribution is -0.118. The molecule has 176 valence electrons. The highest BCUT2D eigenvalue weighted by molar-refractivity contribution is 5.81. The van der Waals surface area contributed by atoms with Crippen LogP contribution in [0, 0.1) is 0 Å². The quantitative estimate of drug-likeness (QED) is 0.458. The van der Waals surface area contributed by atoms with E-state index in [4.69, 9.17) is 0 Å². The molecule has 1 spiro atoms. The molecule has 0 atom stereocenters. The molecule has 3 aromatic rings. The highest BCUT2D eigenvalue weighted by Gasteiger charge is 2.45. The molecule has 0 N–H and O–H groups in total. The molecule has 2 aliphatic heterocycles. The zero-order valence-corrected chi connectivity index (χ0v) is 20.4. The third-order valence-electron chi connectivity index (χ3n) is 7.78. The lowest BCUT2D eigenvalue weighted by Crippen LogP contribution is -2.46. The van der Waals surface area contributed by atoms with Gasteiger partial charge in [-0.15, -0.1) is 0 Å². The average molecular weight is 454 g/mol. The summed E-state index contributed by atoms with van der Waals surface area (Å²) in [6, 6.07) is 22.2. The topological polar surface area (TPSA) is 36.4 Å². The number of benzene rings is 2. The number of aryl methyl sites for hydroxylation is 1. The maximum atomic E-state index is 12.5. The molecule has 2 aliphatic rings. The smallest absolute Gasteiger partial charge is 0.137 e. The van der Waals surface area contributed by atoms with E-state index in [2.05, 4.69) is 77.2 Å². The van der Waals surface area contributed by atoms with E-state index < -0.39 is 0 Å². The summed E-state index contributed by atoms with van der Waals surface area (Å²) in [5.74, 6) is 0.277. The molecule has 1 saturated heterocycles. The number of para-hydroxylation sites is 1. The van der Waals surface area contributed by atoms with E-state index in [1.165, 1.54) is 42.9 Å². The Balaban J connectivity index is 1.27. The molecule has 0 saturated carbocycles. The molecular weight excluding hydrogens is 418 g/mol. The molecule has 0 bridgehead atoms. The number of anilines is 2. The Morgan fingerprint density at radius 3 is 2.44 bits per heavy atom. The number of hydrogen-bond donors (Lipinski definition) is 0. The Hall–Kier alpha value is -2.98. The fourth-order valence-electron chi connectivity index (χ4n) is 5.70. The highest BCUT2D eigenvalue weighted by atomic mass is 16.1. The molecule has 34 heavy (non-hydrogen) atoms. The Morgan fingerprint density at radius 1 is 0.971 bits per heavy atom. The van der Waals surface area contributed by atoms with Gasteiger partial charge in [-0.05, 0) is 87.2 Å². The lowest BCUT2D eigenvalue weighted by atomic mass is 9.74. The average Bonchev–Trinajstić information content (AvgIpc) is 3.18. The number of carbonyl (C=O) groups excluding carboxylic acids is 1. The molecular formula is C30H35N3O. The van der Waals surface area contributed by atoms with Crippen LogP contribution < -0.4 is 4.90 Å². The number of hydrogen-bond acceptors (Lipinski definition) is 4. The molecule has 3 heterocycles. The van der Waals surface area contributed by atoms with Gasteiger partial charge in [0.2, 0.25) is 0 Å². The maximum Gasteiger partial charge on any atom is 0.137 e. The van der Waals surface area contributed by atoms with Gasteiger partial charge in [0.15, 0.2) is 0 Å². The minimum Gasteiger partial charge on any atom is -0.340 e. The van der Waals surface area contributed by atoms with Crippen LogP contribution in [-0.2, 0) is 23.1 Å². The van der Waals surface area contributed by atoms with Crippen molar-refractivity contribution < 1.29 is 4.79 Å². The monoisotopic (exact) mass is 453 g/mol. The number of piperidine rings is 1. The van der Waals surface area contributed by atoms with Crippen LogP contribution in [0.1, 0.15) is 49.8 Å². The summed E-state index contributed by atoms with van der Waals surface area (Å²) >= 11 is 0. The van der Waals surface area contributed by atoms with Gasteiger partial charge in [-0.3, -0.25) is 9.78 Å². The molecule has 2 aromatic carbocycles. The fraction of sp³-hybridized carbons (Fsp3) is 0.400. The molecule has 1 fully saturated rings. The summed E-state index contributed by atoms with van der Waals surface area (Å²) < 4.78 is 0. The number of fused-ring (bicyclic) bond motifs is 2. The molecule has 5 rings (SSSR count). The minimum absolute atomic E-state index is 0.239. The van der Waals surface area contributed by atoms with Crippen molar-refractivity contribution >= 4 is 17.2 Å². The van der Waals surface area contributed by atoms with Gasteiger partial charge < -0.3 is 9.80 Å². The first kappa shape index (κ1) is 22.8. The summed E-state index contributed by atoms with van der Waals surface area (Å²) in [5.41, 5.74) is 6.53. The minimum atomic E-state index is 0.239. The number of likely N-dealkylation sites (tertiary alicyclic amines) is 1. The number of nitrogens with zero attached hydrogens (tertiary/aromatic N) is 3. The Morgan fingerprint density at radius 2 is 1.74 bits per heavy atom. The van der Waals surface area contributed by atoms with Crippen LogP contribution in [0.3, 0.4) is 0 Å². The first-order chi connectivity index (χ1) is 16.5. The number of pyridine rings is 1. The number of rotatable bonds is 7. The first-order valence-electron chi connectivity index (χ1n) is 12.6. The second-order valence-corrected chi connectivity index (χ2v) is 10.3. The van der Waals surface area contributed by atoms with Crippen molar-refractivity contribution in [1.82, 2.24) is 9.88 Å². The Bertz CT molecular complexity index is 1120. The Kier molecular flexibility index (Phi) is 6.51. The molecule has 0 amide bonds. The van der Waals surface area contributed by atoms with E-state index in [0.29, 0.717) is 18.9 Å². The van der Waals surface area contributed by atoms with Gasteiger partial charge >= 0.3 is 0 Å². The van der Waals surface area contributed by atoms with Crippen molar-refractivity contribution in [2.75, 3.05) is 24.5 Å². The molecule has 0 aliphatic carbocycles. The number of aromatic nitrogens is 1. The number of ketones is 1. The van der Waals surface area contributed by atoms with E-state index in [0.717, 1.165) is 24.1 Å².